The monoisotopic (exact) mass is 340 g/mol. The number of hydrogen-bond acceptors (Lipinski definition) is 6. The molecule has 3 heterocycles. The fraction of sp³-hybridized carbons (Fsp3) is 0.429. The van der Waals surface area contributed by atoms with Gasteiger partial charge in [0.1, 0.15) is 11.5 Å². The van der Waals surface area contributed by atoms with E-state index in [4.69, 9.17) is 4.42 Å². The molecular weight excluding hydrogens is 324 g/mol. The number of furan rings is 1. The van der Waals surface area contributed by atoms with Gasteiger partial charge in [0.2, 0.25) is 0 Å². The summed E-state index contributed by atoms with van der Waals surface area (Å²) >= 11 is 1.34. The summed E-state index contributed by atoms with van der Waals surface area (Å²) in [6.07, 6.45) is 0. The molecule has 8 heteroatoms. The van der Waals surface area contributed by atoms with E-state index in [1.165, 1.54) is 11.3 Å². The van der Waals surface area contributed by atoms with Crippen molar-refractivity contribution >= 4 is 27.1 Å². The lowest BCUT2D eigenvalue weighted by Gasteiger charge is -2.30. The molecule has 0 aliphatic carbocycles. The Morgan fingerprint density at radius 2 is 2.23 bits per heavy atom. The van der Waals surface area contributed by atoms with Gasteiger partial charge in [-0.3, -0.25) is 4.79 Å². The van der Waals surface area contributed by atoms with Gasteiger partial charge < -0.3 is 9.32 Å². The lowest BCUT2D eigenvalue weighted by Crippen LogP contribution is -2.48. The molecule has 0 spiro atoms. The van der Waals surface area contributed by atoms with Gasteiger partial charge in [0.15, 0.2) is 20.6 Å². The predicted molar refractivity (Wildman–Crippen MR) is 83.7 cm³/mol. The summed E-state index contributed by atoms with van der Waals surface area (Å²) < 4.78 is 28.9. The smallest absolute Gasteiger partial charge is 0.273 e. The number of rotatable bonds is 2. The Bertz CT molecular complexity index is 806. The highest BCUT2D eigenvalue weighted by Gasteiger charge is 2.32. The van der Waals surface area contributed by atoms with E-state index in [9.17, 15) is 13.2 Å². The highest BCUT2D eigenvalue weighted by molar-refractivity contribution is 7.92. The summed E-state index contributed by atoms with van der Waals surface area (Å²) in [4.78, 5) is 18.3. The number of aromatic nitrogens is 1. The summed E-state index contributed by atoms with van der Waals surface area (Å²) in [5, 5.41) is 1.80. The maximum absolute atomic E-state index is 12.5. The van der Waals surface area contributed by atoms with E-state index >= 15 is 0 Å². The van der Waals surface area contributed by atoms with Gasteiger partial charge in [0.05, 0.1) is 11.0 Å². The molecule has 6 nitrogen and oxygen atoms in total. The van der Waals surface area contributed by atoms with Crippen molar-refractivity contribution < 1.29 is 17.6 Å². The molecule has 1 amide bonds. The van der Waals surface area contributed by atoms with Gasteiger partial charge in [-0.05, 0) is 26.0 Å². The molecule has 1 fully saturated rings. The minimum absolute atomic E-state index is 0.00821. The molecule has 2 aromatic rings. The van der Waals surface area contributed by atoms with E-state index in [-0.39, 0.29) is 24.7 Å². The van der Waals surface area contributed by atoms with Gasteiger partial charge in [-0.2, -0.15) is 0 Å². The third kappa shape index (κ3) is 2.80. The molecule has 22 heavy (non-hydrogen) atoms. The lowest BCUT2D eigenvalue weighted by molar-refractivity contribution is 0.0755. The van der Waals surface area contributed by atoms with Crippen LogP contribution in [0, 0.1) is 6.92 Å². The Morgan fingerprint density at radius 3 is 2.86 bits per heavy atom. The van der Waals surface area contributed by atoms with Crippen molar-refractivity contribution in [3.05, 3.63) is 29.0 Å². The molecule has 1 aliphatic heterocycles. The average molecular weight is 340 g/mol. The van der Waals surface area contributed by atoms with Crippen molar-refractivity contribution in [2.45, 2.75) is 19.1 Å². The SMILES string of the molecule is Cc1ccc(-c2nc(C(=O)N3CCS(=O)(=O)C(C)C3)cs2)o1. The molecule has 0 aromatic carbocycles. The fourth-order valence-electron chi connectivity index (χ4n) is 2.33. The number of aryl methyl sites for hydroxylation is 1. The highest BCUT2D eigenvalue weighted by atomic mass is 32.2. The molecule has 0 bridgehead atoms. The van der Waals surface area contributed by atoms with Crippen LogP contribution in [0.5, 0.6) is 0 Å². The summed E-state index contributed by atoms with van der Waals surface area (Å²) in [6, 6.07) is 3.66. The Morgan fingerprint density at radius 1 is 1.45 bits per heavy atom. The Hall–Kier alpha value is -1.67. The third-order valence-corrected chi connectivity index (χ3v) is 6.68. The highest BCUT2D eigenvalue weighted by Crippen LogP contribution is 2.26. The fourth-order valence-corrected chi connectivity index (χ4v) is 4.37. The van der Waals surface area contributed by atoms with Crippen molar-refractivity contribution in [2.24, 2.45) is 0 Å². The molecule has 3 rings (SSSR count). The van der Waals surface area contributed by atoms with E-state index in [0.29, 0.717) is 16.5 Å². The number of carbonyl (C=O) groups is 1. The first kappa shape index (κ1) is 15.2. The summed E-state index contributed by atoms with van der Waals surface area (Å²) in [5.74, 6) is 1.20. The Kier molecular flexibility index (Phi) is 3.82. The zero-order valence-corrected chi connectivity index (χ0v) is 13.9. The Labute approximate surface area is 132 Å². The average Bonchev–Trinajstić information content (AvgIpc) is 3.09. The van der Waals surface area contributed by atoms with Crippen LogP contribution in [-0.4, -0.2) is 48.3 Å². The second kappa shape index (κ2) is 5.51. The minimum Gasteiger partial charge on any atom is -0.459 e. The maximum Gasteiger partial charge on any atom is 0.273 e. The van der Waals surface area contributed by atoms with Crippen molar-refractivity contribution in [3.8, 4) is 10.8 Å². The molecule has 118 valence electrons. The zero-order valence-electron chi connectivity index (χ0n) is 12.3. The van der Waals surface area contributed by atoms with Gasteiger partial charge >= 0.3 is 0 Å². The number of thiazole rings is 1. The molecule has 1 unspecified atom stereocenters. The molecule has 1 saturated heterocycles. The number of nitrogens with zero attached hydrogens (tertiary/aromatic N) is 2. The number of sulfone groups is 1. The second-order valence-corrected chi connectivity index (χ2v) is 8.77. The molecule has 2 aromatic heterocycles. The standard InChI is InChI=1S/C14H16N2O4S2/c1-9-3-4-12(20-9)13-15-11(8-21-13)14(17)16-5-6-22(18,19)10(2)7-16/h3-4,8,10H,5-7H2,1-2H3. The topological polar surface area (TPSA) is 80.5 Å². The van der Waals surface area contributed by atoms with E-state index < -0.39 is 15.1 Å². The zero-order chi connectivity index (χ0) is 15.9. The van der Waals surface area contributed by atoms with Gasteiger partial charge in [0, 0.05) is 18.5 Å². The molecule has 1 atom stereocenters. The van der Waals surface area contributed by atoms with E-state index in [1.807, 2.05) is 19.1 Å². The third-order valence-electron chi connectivity index (χ3n) is 3.70. The van der Waals surface area contributed by atoms with Crippen molar-refractivity contribution in [3.63, 3.8) is 0 Å². The molecule has 0 radical (unpaired) electrons. The molecule has 0 saturated carbocycles. The second-order valence-electron chi connectivity index (χ2n) is 5.38. The molecule has 0 N–H and O–H groups in total. The van der Waals surface area contributed by atoms with Gasteiger partial charge in [-0.15, -0.1) is 11.3 Å². The maximum atomic E-state index is 12.5. The van der Waals surface area contributed by atoms with Crippen molar-refractivity contribution in [1.82, 2.24) is 9.88 Å². The normalized spacial score (nSPS) is 21.0. The van der Waals surface area contributed by atoms with Crippen molar-refractivity contribution in [1.29, 1.82) is 0 Å². The van der Waals surface area contributed by atoms with Crippen LogP contribution < -0.4 is 0 Å². The largest absolute Gasteiger partial charge is 0.459 e. The lowest BCUT2D eigenvalue weighted by atomic mass is 10.3. The first-order valence-electron chi connectivity index (χ1n) is 6.90. The Balaban J connectivity index is 1.78. The van der Waals surface area contributed by atoms with Crippen LogP contribution >= 0.6 is 11.3 Å². The first-order chi connectivity index (χ1) is 10.4. The first-order valence-corrected chi connectivity index (χ1v) is 9.49. The van der Waals surface area contributed by atoms with Gasteiger partial charge in [-0.1, -0.05) is 0 Å². The van der Waals surface area contributed by atoms with Crippen LogP contribution in [0.25, 0.3) is 10.8 Å². The van der Waals surface area contributed by atoms with E-state index in [1.54, 1.807) is 17.2 Å². The summed E-state index contributed by atoms with van der Waals surface area (Å²) in [5.41, 5.74) is 0.334. The summed E-state index contributed by atoms with van der Waals surface area (Å²) in [7, 11) is -3.07. The number of carbonyl (C=O) groups excluding carboxylic acids is 1. The van der Waals surface area contributed by atoms with Gasteiger partial charge in [-0.25, -0.2) is 13.4 Å². The number of hydrogen-bond donors (Lipinski definition) is 0. The van der Waals surface area contributed by atoms with Crippen LogP contribution in [0.3, 0.4) is 0 Å². The van der Waals surface area contributed by atoms with Crippen LogP contribution in [0.15, 0.2) is 21.9 Å². The minimum atomic E-state index is -3.07. The van der Waals surface area contributed by atoms with E-state index in [2.05, 4.69) is 4.98 Å². The van der Waals surface area contributed by atoms with Crippen LogP contribution in [0.2, 0.25) is 0 Å². The van der Waals surface area contributed by atoms with Crippen LogP contribution in [-0.2, 0) is 9.84 Å². The quantitative estimate of drug-likeness (QED) is 0.835. The predicted octanol–water partition coefficient (Wildman–Crippen LogP) is 1.97. The van der Waals surface area contributed by atoms with Crippen LogP contribution in [0.1, 0.15) is 23.2 Å². The van der Waals surface area contributed by atoms with Crippen LogP contribution in [0.4, 0.5) is 0 Å². The van der Waals surface area contributed by atoms with Crippen molar-refractivity contribution in [2.75, 3.05) is 18.8 Å². The van der Waals surface area contributed by atoms with Gasteiger partial charge in [0.25, 0.3) is 5.91 Å². The molecule has 1 aliphatic rings. The summed E-state index contributed by atoms with van der Waals surface area (Å²) in [6.45, 7) is 3.91. The number of amides is 1. The molecular formula is C14H16N2O4S2. The van der Waals surface area contributed by atoms with E-state index in [0.717, 1.165) is 5.76 Å².